The molecule has 100 valence electrons. The summed E-state index contributed by atoms with van der Waals surface area (Å²) in [7, 11) is -3.40. The van der Waals surface area contributed by atoms with Crippen LogP contribution in [0.2, 0.25) is 0 Å². The summed E-state index contributed by atoms with van der Waals surface area (Å²) in [5.41, 5.74) is 0.771. The molecule has 0 radical (unpaired) electrons. The van der Waals surface area contributed by atoms with Crippen molar-refractivity contribution in [3.63, 3.8) is 0 Å². The van der Waals surface area contributed by atoms with Crippen molar-refractivity contribution >= 4 is 21.4 Å². The van der Waals surface area contributed by atoms with Gasteiger partial charge >= 0.3 is 0 Å². The van der Waals surface area contributed by atoms with Gasteiger partial charge in [0.2, 0.25) is 0 Å². The van der Waals surface area contributed by atoms with Crippen molar-refractivity contribution < 1.29 is 8.42 Å². The van der Waals surface area contributed by atoms with Crippen LogP contribution in [0, 0.1) is 0 Å². The summed E-state index contributed by atoms with van der Waals surface area (Å²) in [4.78, 5) is 8.07. The molecule has 0 amide bonds. The maximum absolute atomic E-state index is 12.6. The molecule has 0 N–H and O–H groups in total. The van der Waals surface area contributed by atoms with E-state index in [0.717, 1.165) is 18.5 Å². The SMILES string of the molecule is O=S(=O)(c1cccs1)N1CCC[C@@H]1c1ccncn1. The summed E-state index contributed by atoms with van der Waals surface area (Å²) in [6.45, 7) is 0.550. The number of thiophene rings is 1. The molecule has 5 nitrogen and oxygen atoms in total. The number of aromatic nitrogens is 2. The van der Waals surface area contributed by atoms with Crippen LogP contribution in [0.3, 0.4) is 0 Å². The number of hydrogen-bond donors (Lipinski definition) is 0. The van der Waals surface area contributed by atoms with Gasteiger partial charge in [-0.2, -0.15) is 4.31 Å². The number of nitrogens with zero attached hydrogens (tertiary/aromatic N) is 3. The van der Waals surface area contributed by atoms with Crippen LogP contribution in [0.5, 0.6) is 0 Å². The molecule has 0 aliphatic carbocycles. The maximum Gasteiger partial charge on any atom is 0.253 e. The predicted octanol–water partition coefficient (Wildman–Crippen LogP) is 2.06. The summed E-state index contributed by atoms with van der Waals surface area (Å²) in [6, 6.07) is 5.02. The molecule has 1 aliphatic heterocycles. The monoisotopic (exact) mass is 295 g/mol. The van der Waals surface area contributed by atoms with Crippen LogP contribution in [-0.2, 0) is 10.0 Å². The molecule has 1 aliphatic rings. The van der Waals surface area contributed by atoms with E-state index in [4.69, 9.17) is 0 Å². The number of hydrogen-bond acceptors (Lipinski definition) is 5. The maximum atomic E-state index is 12.6. The number of rotatable bonds is 3. The molecule has 19 heavy (non-hydrogen) atoms. The summed E-state index contributed by atoms with van der Waals surface area (Å²) in [6.07, 6.45) is 4.78. The molecule has 7 heteroatoms. The Balaban J connectivity index is 1.97. The Labute approximate surface area is 116 Å². The van der Waals surface area contributed by atoms with Crippen molar-refractivity contribution in [1.82, 2.24) is 14.3 Å². The second-order valence-electron chi connectivity index (χ2n) is 4.34. The highest BCUT2D eigenvalue weighted by molar-refractivity contribution is 7.91. The van der Waals surface area contributed by atoms with E-state index in [-0.39, 0.29) is 6.04 Å². The molecule has 0 bridgehead atoms. The Bertz CT molecular complexity index is 641. The van der Waals surface area contributed by atoms with Crippen molar-refractivity contribution in [3.05, 3.63) is 41.8 Å². The first-order chi connectivity index (χ1) is 9.19. The average Bonchev–Trinajstić information content (AvgIpc) is 3.11. The molecular weight excluding hydrogens is 282 g/mol. The first-order valence-electron chi connectivity index (χ1n) is 6.01. The van der Waals surface area contributed by atoms with Crippen LogP contribution in [-0.4, -0.2) is 29.2 Å². The molecule has 0 spiro atoms. The molecule has 1 atom stereocenters. The van der Waals surface area contributed by atoms with E-state index in [1.165, 1.54) is 17.7 Å². The summed E-state index contributed by atoms with van der Waals surface area (Å²) in [5.74, 6) is 0. The lowest BCUT2D eigenvalue weighted by Crippen LogP contribution is -2.30. The van der Waals surface area contributed by atoms with E-state index in [1.807, 2.05) is 0 Å². The van der Waals surface area contributed by atoms with Crippen LogP contribution < -0.4 is 0 Å². The third-order valence-corrected chi connectivity index (χ3v) is 6.49. The fourth-order valence-electron chi connectivity index (χ4n) is 2.35. The van der Waals surface area contributed by atoms with Gasteiger partial charge in [0.25, 0.3) is 10.0 Å². The molecule has 1 fully saturated rings. The quantitative estimate of drug-likeness (QED) is 0.869. The first-order valence-corrected chi connectivity index (χ1v) is 8.33. The van der Waals surface area contributed by atoms with E-state index in [1.54, 1.807) is 34.1 Å². The lowest BCUT2D eigenvalue weighted by molar-refractivity contribution is 0.391. The van der Waals surface area contributed by atoms with Gasteiger partial charge in [0.05, 0.1) is 11.7 Å². The third-order valence-electron chi connectivity index (χ3n) is 3.21. The zero-order valence-electron chi connectivity index (χ0n) is 10.1. The van der Waals surface area contributed by atoms with Gasteiger partial charge in [-0.25, -0.2) is 18.4 Å². The molecule has 3 rings (SSSR count). The molecule has 3 heterocycles. The van der Waals surface area contributed by atoms with Crippen LogP contribution in [0.25, 0.3) is 0 Å². The minimum absolute atomic E-state index is 0.171. The van der Waals surface area contributed by atoms with E-state index < -0.39 is 10.0 Å². The zero-order chi connectivity index (χ0) is 13.3. The van der Waals surface area contributed by atoms with Crippen LogP contribution in [0.4, 0.5) is 0 Å². The van der Waals surface area contributed by atoms with Gasteiger partial charge in [-0.3, -0.25) is 0 Å². The van der Waals surface area contributed by atoms with Gasteiger partial charge < -0.3 is 0 Å². The van der Waals surface area contributed by atoms with Crippen molar-refractivity contribution in [1.29, 1.82) is 0 Å². The lowest BCUT2D eigenvalue weighted by atomic mass is 10.1. The van der Waals surface area contributed by atoms with Gasteiger partial charge in [0, 0.05) is 12.7 Å². The lowest BCUT2D eigenvalue weighted by Gasteiger charge is -2.22. The second kappa shape index (κ2) is 4.99. The average molecular weight is 295 g/mol. The Kier molecular flexibility index (Phi) is 3.34. The van der Waals surface area contributed by atoms with Crippen molar-refractivity contribution in [2.75, 3.05) is 6.54 Å². The standard InChI is InChI=1S/C12H13N3O2S2/c16-19(17,12-4-2-8-18-12)15-7-1-3-11(15)10-5-6-13-9-14-10/h2,4-6,8-9,11H,1,3,7H2/t11-/m1/s1. The predicted molar refractivity (Wildman–Crippen MR) is 72.2 cm³/mol. The fourth-order valence-corrected chi connectivity index (χ4v) is 5.14. The van der Waals surface area contributed by atoms with Crippen molar-refractivity contribution in [2.24, 2.45) is 0 Å². The Hall–Kier alpha value is -1.31. The summed E-state index contributed by atoms with van der Waals surface area (Å²) in [5, 5.41) is 1.78. The fraction of sp³-hybridized carbons (Fsp3) is 0.333. The van der Waals surface area contributed by atoms with Crippen LogP contribution >= 0.6 is 11.3 Å². The zero-order valence-corrected chi connectivity index (χ0v) is 11.8. The van der Waals surface area contributed by atoms with Crippen LogP contribution in [0.1, 0.15) is 24.6 Å². The van der Waals surface area contributed by atoms with Crippen molar-refractivity contribution in [2.45, 2.75) is 23.1 Å². The highest BCUT2D eigenvalue weighted by atomic mass is 32.2. The Morgan fingerprint density at radius 1 is 1.37 bits per heavy atom. The van der Waals surface area contributed by atoms with E-state index in [0.29, 0.717) is 10.8 Å². The molecule has 0 aromatic carbocycles. The molecular formula is C12H13N3O2S2. The van der Waals surface area contributed by atoms with Crippen LogP contribution in [0.15, 0.2) is 40.3 Å². The second-order valence-corrected chi connectivity index (χ2v) is 7.41. The minimum atomic E-state index is -3.40. The molecule has 1 saturated heterocycles. The van der Waals surface area contributed by atoms with Crippen molar-refractivity contribution in [3.8, 4) is 0 Å². The topological polar surface area (TPSA) is 63.2 Å². The number of sulfonamides is 1. The first kappa shape index (κ1) is 12.7. The molecule has 2 aromatic heterocycles. The van der Waals surface area contributed by atoms with E-state index >= 15 is 0 Å². The minimum Gasteiger partial charge on any atom is -0.245 e. The largest absolute Gasteiger partial charge is 0.253 e. The Morgan fingerprint density at radius 2 is 2.26 bits per heavy atom. The normalized spacial score (nSPS) is 20.7. The summed E-state index contributed by atoms with van der Waals surface area (Å²) < 4.78 is 27.1. The molecule has 0 unspecified atom stereocenters. The van der Waals surface area contributed by atoms with Gasteiger partial charge in [-0.15, -0.1) is 11.3 Å². The van der Waals surface area contributed by atoms with Gasteiger partial charge in [-0.1, -0.05) is 6.07 Å². The molecule has 2 aromatic rings. The summed E-state index contributed by atoms with van der Waals surface area (Å²) >= 11 is 1.25. The van der Waals surface area contributed by atoms with Gasteiger partial charge in [0.15, 0.2) is 0 Å². The van der Waals surface area contributed by atoms with Gasteiger partial charge in [0.1, 0.15) is 10.5 Å². The highest BCUT2D eigenvalue weighted by Crippen LogP contribution is 2.36. The molecule has 0 saturated carbocycles. The third kappa shape index (κ3) is 2.29. The van der Waals surface area contributed by atoms with E-state index in [2.05, 4.69) is 9.97 Å². The Morgan fingerprint density at radius 3 is 2.95 bits per heavy atom. The highest BCUT2D eigenvalue weighted by Gasteiger charge is 2.37. The van der Waals surface area contributed by atoms with E-state index in [9.17, 15) is 8.42 Å². The van der Waals surface area contributed by atoms with Gasteiger partial charge in [-0.05, 0) is 30.4 Å². The smallest absolute Gasteiger partial charge is 0.245 e.